The van der Waals surface area contributed by atoms with E-state index in [0.29, 0.717) is 17.1 Å². The summed E-state index contributed by atoms with van der Waals surface area (Å²) in [6.45, 7) is 3.02. The number of hydrogen-bond donors (Lipinski definition) is 1. The van der Waals surface area contributed by atoms with Gasteiger partial charge in [-0.15, -0.1) is 0 Å². The van der Waals surface area contributed by atoms with Crippen LogP contribution in [0.5, 0.6) is 5.75 Å². The summed E-state index contributed by atoms with van der Waals surface area (Å²) in [5.41, 5.74) is 2.85. The molecular weight excluding hydrogens is 469 g/mol. The molecule has 1 aliphatic rings. The molecule has 174 valence electrons. The second-order valence-electron chi connectivity index (χ2n) is 7.54. The Bertz CT molecular complexity index is 1060. The first-order valence-electron chi connectivity index (χ1n) is 10.3. The number of nitrogens with one attached hydrogen (secondary N) is 1. The van der Waals surface area contributed by atoms with Gasteiger partial charge in [-0.25, -0.2) is 9.91 Å². The first-order chi connectivity index (χ1) is 15.7. The number of hydrazine groups is 1. The van der Waals surface area contributed by atoms with Crippen molar-refractivity contribution < 1.29 is 23.9 Å². The number of amides is 4. The molecule has 0 aliphatic carbocycles. The van der Waals surface area contributed by atoms with Crippen LogP contribution in [0, 0.1) is 5.92 Å². The van der Waals surface area contributed by atoms with Crippen molar-refractivity contribution in [1.82, 2.24) is 10.4 Å². The molecule has 0 radical (unpaired) electrons. The lowest BCUT2D eigenvalue weighted by molar-refractivity contribution is -0.150. The SMILES string of the molecule is CCC(C)C(=O)N(NC(=O)COc1ccc(Cl)cc1Cl)C1CC(=O)N(c2ccccc2)C1=O. The fourth-order valence-electron chi connectivity index (χ4n) is 3.27. The number of para-hydroxylation sites is 1. The van der Waals surface area contributed by atoms with Crippen molar-refractivity contribution in [1.29, 1.82) is 0 Å². The second-order valence-corrected chi connectivity index (χ2v) is 8.38. The lowest BCUT2D eigenvalue weighted by Crippen LogP contribution is -2.57. The fraction of sp³-hybridized carbons (Fsp3) is 0.304. The highest BCUT2D eigenvalue weighted by Crippen LogP contribution is 2.28. The number of carbonyl (C=O) groups is 4. The summed E-state index contributed by atoms with van der Waals surface area (Å²) in [5.74, 6) is -2.46. The van der Waals surface area contributed by atoms with E-state index < -0.39 is 42.2 Å². The van der Waals surface area contributed by atoms with Gasteiger partial charge < -0.3 is 4.74 Å². The summed E-state index contributed by atoms with van der Waals surface area (Å²) in [6.07, 6.45) is 0.236. The summed E-state index contributed by atoms with van der Waals surface area (Å²) in [7, 11) is 0. The number of rotatable bonds is 7. The lowest BCUT2D eigenvalue weighted by atomic mass is 10.1. The number of ether oxygens (including phenoxy) is 1. The van der Waals surface area contributed by atoms with Crippen LogP contribution in [0.4, 0.5) is 5.69 Å². The van der Waals surface area contributed by atoms with Crippen molar-refractivity contribution in [3.63, 3.8) is 0 Å². The molecule has 33 heavy (non-hydrogen) atoms. The highest BCUT2D eigenvalue weighted by Gasteiger charge is 2.45. The third-order valence-electron chi connectivity index (χ3n) is 5.22. The first kappa shape index (κ1) is 24.5. The zero-order valence-electron chi connectivity index (χ0n) is 18.1. The molecule has 0 bridgehead atoms. The van der Waals surface area contributed by atoms with E-state index in [-0.39, 0.29) is 17.2 Å². The maximum atomic E-state index is 13.1. The van der Waals surface area contributed by atoms with Crippen molar-refractivity contribution in [3.8, 4) is 5.75 Å². The zero-order valence-corrected chi connectivity index (χ0v) is 19.6. The van der Waals surface area contributed by atoms with Crippen LogP contribution in [0.3, 0.4) is 0 Å². The molecule has 10 heteroatoms. The van der Waals surface area contributed by atoms with Gasteiger partial charge >= 0.3 is 0 Å². The number of anilines is 1. The molecule has 2 unspecified atom stereocenters. The average molecular weight is 492 g/mol. The van der Waals surface area contributed by atoms with Gasteiger partial charge in [0.05, 0.1) is 17.1 Å². The Hall–Kier alpha value is -3.10. The molecule has 3 rings (SSSR count). The van der Waals surface area contributed by atoms with Gasteiger partial charge in [-0.05, 0) is 36.8 Å². The Labute approximate surface area is 201 Å². The molecule has 1 heterocycles. The van der Waals surface area contributed by atoms with Crippen LogP contribution in [-0.4, -0.2) is 41.3 Å². The van der Waals surface area contributed by atoms with Gasteiger partial charge in [-0.1, -0.05) is 55.2 Å². The summed E-state index contributed by atoms with van der Waals surface area (Å²) in [5, 5.41) is 1.58. The molecule has 1 fully saturated rings. The molecular formula is C23H23Cl2N3O5. The molecule has 1 aliphatic heterocycles. The Morgan fingerprint density at radius 3 is 2.52 bits per heavy atom. The van der Waals surface area contributed by atoms with Crippen molar-refractivity contribution in [2.45, 2.75) is 32.7 Å². The Morgan fingerprint density at radius 1 is 1.18 bits per heavy atom. The summed E-state index contributed by atoms with van der Waals surface area (Å²) >= 11 is 11.9. The van der Waals surface area contributed by atoms with Gasteiger partial charge in [0.2, 0.25) is 11.8 Å². The fourth-order valence-corrected chi connectivity index (χ4v) is 3.73. The Kier molecular flexibility index (Phi) is 7.94. The van der Waals surface area contributed by atoms with E-state index in [1.54, 1.807) is 43.3 Å². The van der Waals surface area contributed by atoms with Gasteiger partial charge in [0.25, 0.3) is 11.8 Å². The number of nitrogens with zero attached hydrogens (tertiary/aromatic N) is 2. The molecule has 0 saturated carbocycles. The normalized spacial score (nSPS) is 16.5. The van der Waals surface area contributed by atoms with Gasteiger partial charge in [-0.3, -0.25) is 24.6 Å². The van der Waals surface area contributed by atoms with Crippen molar-refractivity contribution in [2.24, 2.45) is 5.92 Å². The number of benzene rings is 2. The Morgan fingerprint density at radius 2 is 1.88 bits per heavy atom. The van der Waals surface area contributed by atoms with Crippen LogP contribution in [0.25, 0.3) is 0 Å². The van der Waals surface area contributed by atoms with E-state index in [9.17, 15) is 19.2 Å². The Balaban J connectivity index is 1.77. The first-order valence-corrected chi connectivity index (χ1v) is 11.1. The summed E-state index contributed by atoms with van der Waals surface area (Å²) in [4.78, 5) is 52.4. The van der Waals surface area contributed by atoms with Crippen LogP contribution >= 0.6 is 23.2 Å². The third-order valence-corrected chi connectivity index (χ3v) is 5.75. The maximum absolute atomic E-state index is 13.1. The second kappa shape index (κ2) is 10.7. The molecule has 2 atom stereocenters. The number of hydrogen-bond acceptors (Lipinski definition) is 5. The largest absolute Gasteiger partial charge is 0.482 e. The summed E-state index contributed by atoms with van der Waals surface area (Å²) < 4.78 is 5.42. The van der Waals surface area contributed by atoms with Crippen molar-refractivity contribution in [3.05, 3.63) is 58.6 Å². The third kappa shape index (κ3) is 5.64. The van der Waals surface area contributed by atoms with Crippen LogP contribution in [0.1, 0.15) is 26.7 Å². The smallest absolute Gasteiger partial charge is 0.276 e. The minimum absolute atomic E-state index is 0.220. The van der Waals surface area contributed by atoms with Crippen molar-refractivity contribution >= 4 is 52.5 Å². The predicted octanol–water partition coefficient (Wildman–Crippen LogP) is 3.61. The van der Waals surface area contributed by atoms with Crippen LogP contribution in [-0.2, 0) is 19.2 Å². The van der Waals surface area contributed by atoms with Crippen molar-refractivity contribution in [2.75, 3.05) is 11.5 Å². The standard InChI is InChI=1S/C23H23Cl2N3O5/c1-3-14(2)22(31)28(26-20(29)13-33-19-10-9-15(24)11-17(19)25)18-12-21(30)27(23(18)32)16-7-5-4-6-8-16/h4-11,14,18H,3,12-13H2,1-2H3,(H,26,29). The van der Waals surface area contributed by atoms with Gasteiger partial charge in [0.1, 0.15) is 11.8 Å². The molecule has 0 spiro atoms. The van der Waals surface area contributed by atoms with Crippen LogP contribution < -0.4 is 15.1 Å². The number of carbonyl (C=O) groups excluding carboxylic acids is 4. The summed E-state index contributed by atoms with van der Waals surface area (Å²) in [6, 6.07) is 11.8. The van der Waals surface area contributed by atoms with Crippen LogP contribution in [0.2, 0.25) is 10.0 Å². The molecule has 2 aromatic rings. The predicted molar refractivity (Wildman–Crippen MR) is 124 cm³/mol. The van der Waals surface area contributed by atoms with Gasteiger partial charge in [0, 0.05) is 10.9 Å². The minimum atomic E-state index is -1.16. The van der Waals surface area contributed by atoms with E-state index in [2.05, 4.69) is 5.43 Å². The topological polar surface area (TPSA) is 96.0 Å². The number of halogens is 2. The highest BCUT2D eigenvalue weighted by atomic mass is 35.5. The molecule has 1 saturated heterocycles. The minimum Gasteiger partial charge on any atom is -0.482 e. The van der Waals surface area contributed by atoms with E-state index in [0.717, 1.165) is 9.91 Å². The van der Waals surface area contributed by atoms with Crippen LogP contribution in [0.15, 0.2) is 48.5 Å². The van der Waals surface area contributed by atoms with E-state index >= 15 is 0 Å². The quantitative estimate of drug-likeness (QED) is 0.471. The monoisotopic (exact) mass is 491 g/mol. The van der Waals surface area contributed by atoms with E-state index in [1.807, 2.05) is 6.92 Å². The lowest BCUT2D eigenvalue weighted by Gasteiger charge is -2.29. The molecule has 1 N–H and O–H groups in total. The zero-order chi connectivity index (χ0) is 24.1. The average Bonchev–Trinajstić information content (AvgIpc) is 3.09. The molecule has 0 aromatic heterocycles. The highest BCUT2D eigenvalue weighted by molar-refractivity contribution is 6.35. The van der Waals surface area contributed by atoms with E-state index in [1.165, 1.54) is 12.1 Å². The van der Waals surface area contributed by atoms with E-state index in [4.69, 9.17) is 27.9 Å². The molecule has 8 nitrogen and oxygen atoms in total. The van der Waals surface area contributed by atoms with Gasteiger partial charge in [0.15, 0.2) is 6.61 Å². The number of imide groups is 1. The van der Waals surface area contributed by atoms with Gasteiger partial charge in [-0.2, -0.15) is 0 Å². The molecule has 2 aromatic carbocycles. The molecule has 4 amide bonds. The maximum Gasteiger partial charge on any atom is 0.276 e.